The number of thiazole rings is 1. The lowest BCUT2D eigenvalue weighted by molar-refractivity contribution is -0.111. The van der Waals surface area contributed by atoms with E-state index in [1.165, 1.54) is 27.7 Å². The molecule has 0 spiro atoms. The third-order valence-electron chi connectivity index (χ3n) is 4.81. The van der Waals surface area contributed by atoms with Gasteiger partial charge in [-0.25, -0.2) is 4.98 Å². The molecule has 1 heterocycles. The molecule has 1 amide bonds. The Balaban J connectivity index is 1.43. The van der Waals surface area contributed by atoms with Gasteiger partial charge in [-0.3, -0.25) is 10.1 Å². The first-order valence-electron chi connectivity index (χ1n) is 9.62. The van der Waals surface area contributed by atoms with Crippen LogP contribution in [0.2, 0.25) is 0 Å². The lowest BCUT2D eigenvalue weighted by Crippen LogP contribution is -2.07. The maximum Gasteiger partial charge on any atom is 0.250 e. The molecule has 3 aromatic carbocycles. The van der Waals surface area contributed by atoms with Crippen molar-refractivity contribution in [1.29, 1.82) is 0 Å². The maximum atomic E-state index is 12.3. The minimum absolute atomic E-state index is 0.183. The zero-order valence-electron chi connectivity index (χ0n) is 16.4. The van der Waals surface area contributed by atoms with Crippen LogP contribution >= 0.6 is 11.3 Å². The molecule has 0 atom stereocenters. The van der Waals surface area contributed by atoms with E-state index in [1.807, 2.05) is 35.7 Å². The van der Waals surface area contributed by atoms with Gasteiger partial charge < -0.3 is 0 Å². The van der Waals surface area contributed by atoms with Crippen molar-refractivity contribution in [1.82, 2.24) is 4.98 Å². The second-order valence-electron chi connectivity index (χ2n) is 7.24. The van der Waals surface area contributed by atoms with Crippen LogP contribution < -0.4 is 5.32 Å². The number of benzene rings is 3. The van der Waals surface area contributed by atoms with E-state index in [4.69, 9.17) is 0 Å². The maximum absolute atomic E-state index is 12.3. The summed E-state index contributed by atoms with van der Waals surface area (Å²) in [5.41, 5.74) is 4.20. The fraction of sp³-hybridized carbons (Fsp3) is 0.120. The highest BCUT2D eigenvalue weighted by Gasteiger charge is 2.07. The number of aromatic nitrogens is 1. The van der Waals surface area contributed by atoms with Gasteiger partial charge in [0.25, 0.3) is 0 Å². The van der Waals surface area contributed by atoms with Crippen LogP contribution in [0.4, 0.5) is 5.13 Å². The minimum atomic E-state index is -0.183. The molecule has 0 saturated heterocycles. The Kier molecular flexibility index (Phi) is 5.54. The van der Waals surface area contributed by atoms with Crippen molar-refractivity contribution in [2.24, 2.45) is 0 Å². The molecule has 0 radical (unpaired) electrons. The van der Waals surface area contributed by atoms with Gasteiger partial charge in [-0.2, -0.15) is 0 Å². The Morgan fingerprint density at radius 1 is 1.00 bits per heavy atom. The Hall–Kier alpha value is -3.24. The molecular weight excluding hydrogens is 376 g/mol. The molecule has 0 bridgehead atoms. The fourth-order valence-corrected chi connectivity index (χ4v) is 3.85. The number of anilines is 1. The van der Waals surface area contributed by atoms with E-state index < -0.39 is 0 Å². The van der Waals surface area contributed by atoms with Crippen LogP contribution in [0.25, 0.3) is 28.1 Å². The molecule has 144 valence electrons. The number of fused-ring (bicyclic) bond motifs is 1. The molecule has 1 N–H and O–H groups in total. The van der Waals surface area contributed by atoms with Gasteiger partial charge in [-0.1, -0.05) is 74.5 Å². The van der Waals surface area contributed by atoms with Gasteiger partial charge in [0, 0.05) is 17.0 Å². The number of hydrogen-bond donors (Lipinski definition) is 1. The van der Waals surface area contributed by atoms with Crippen molar-refractivity contribution in [3.63, 3.8) is 0 Å². The van der Waals surface area contributed by atoms with Gasteiger partial charge >= 0.3 is 0 Å². The van der Waals surface area contributed by atoms with Crippen LogP contribution in [0.1, 0.15) is 30.9 Å². The lowest BCUT2D eigenvalue weighted by atomic mass is 10.0. The Morgan fingerprint density at radius 2 is 1.76 bits per heavy atom. The topological polar surface area (TPSA) is 42.0 Å². The average Bonchev–Trinajstić information content (AvgIpc) is 3.20. The van der Waals surface area contributed by atoms with E-state index in [-0.39, 0.29) is 5.91 Å². The highest BCUT2D eigenvalue weighted by Crippen LogP contribution is 2.27. The molecular formula is C25H22N2OS. The van der Waals surface area contributed by atoms with Crippen LogP contribution in [0.5, 0.6) is 0 Å². The van der Waals surface area contributed by atoms with Crippen molar-refractivity contribution in [3.8, 4) is 11.3 Å². The number of nitrogens with one attached hydrogen (secondary N) is 1. The summed E-state index contributed by atoms with van der Waals surface area (Å²) >= 11 is 1.43. The molecule has 4 aromatic rings. The Labute approximate surface area is 174 Å². The van der Waals surface area contributed by atoms with Gasteiger partial charge in [0.15, 0.2) is 5.13 Å². The first-order chi connectivity index (χ1) is 14.1. The normalized spacial score (nSPS) is 11.4. The average molecular weight is 399 g/mol. The van der Waals surface area contributed by atoms with Crippen LogP contribution in [0, 0.1) is 0 Å². The summed E-state index contributed by atoms with van der Waals surface area (Å²) in [4.78, 5) is 16.8. The van der Waals surface area contributed by atoms with E-state index in [0.29, 0.717) is 11.0 Å². The highest BCUT2D eigenvalue weighted by atomic mass is 32.1. The molecule has 3 nitrogen and oxygen atoms in total. The minimum Gasteiger partial charge on any atom is -0.298 e. The van der Waals surface area contributed by atoms with Crippen LogP contribution in [-0.2, 0) is 4.79 Å². The highest BCUT2D eigenvalue weighted by molar-refractivity contribution is 7.14. The predicted molar refractivity (Wildman–Crippen MR) is 123 cm³/mol. The Bertz CT molecular complexity index is 1170. The van der Waals surface area contributed by atoms with E-state index in [0.717, 1.165) is 16.8 Å². The molecule has 0 aliphatic carbocycles. The lowest BCUT2D eigenvalue weighted by Gasteiger charge is -2.04. The number of hydrogen-bond acceptors (Lipinski definition) is 3. The van der Waals surface area contributed by atoms with E-state index in [9.17, 15) is 4.79 Å². The summed E-state index contributed by atoms with van der Waals surface area (Å²) < 4.78 is 0. The summed E-state index contributed by atoms with van der Waals surface area (Å²) in [5.74, 6) is 0.315. The smallest absolute Gasteiger partial charge is 0.250 e. The number of rotatable bonds is 5. The van der Waals surface area contributed by atoms with Crippen LogP contribution in [-0.4, -0.2) is 10.9 Å². The summed E-state index contributed by atoms with van der Waals surface area (Å²) in [6, 6.07) is 22.8. The van der Waals surface area contributed by atoms with Crippen molar-refractivity contribution >= 4 is 39.2 Å². The summed E-state index contributed by atoms with van der Waals surface area (Å²) in [6.07, 6.45) is 3.36. The number of carbonyl (C=O) groups excluding carboxylic acids is 1. The summed E-state index contributed by atoms with van der Waals surface area (Å²) in [5, 5.41) is 7.79. The van der Waals surface area contributed by atoms with Crippen LogP contribution in [0.15, 0.2) is 78.2 Å². The second-order valence-corrected chi connectivity index (χ2v) is 8.10. The van der Waals surface area contributed by atoms with Gasteiger partial charge in [0.2, 0.25) is 5.91 Å². The quantitative estimate of drug-likeness (QED) is 0.378. The standard InChI is InChI=1S/C25H22N2OS/c1-17(2)19-10-7-18(8-11-19)9-14-24(28)27-25-26-23(16-29-25)22-13-12-20-5-3-4-6-21(20)15-22/h3-17H,1-2H3,(H,26,27,28). The third-order valence-corrected chi connectivity index (χ3v) is 5.57. The summed E-state index contributed by atoms with van der Waals surface area (Å²) in [7, 11) is 0. The van der Waals surface area contributed by atoms with Crippen molar-refractivity contribution in [2.75, 3.05) is 5.32 Å². The largest absolute Gasteiger partial charge is 0.298 e. The number of amides is 1. The first-order valence-corrected chi connectivity index (χ1v) is 10.5. The van der Waals surface area contributed by atoms with Gasteiger partial charge in [-0.15, -0.1) is 11.3 Å². The van der Waals surface area contributed by atoms with E-state index in [1.54, 1.807) is 6.08 Å². The van der Waals surface area contributed by atoms with Crippen LogP contribution in [0.3, 0.4) is 0 Å². The van der Waals surface area contributed by atoms with E-state index >= 15 is 0 Å². The first kappa shape index (κ1) is 19.1. The zero-order valence-corrected chi connectivity index (χ0v) is 17.2. The van der Waals surface area contributed by atoms with Gasteiger partial charge in [0.05, 0.1) is 5.69 Å². The van der Waals surface area contributed by atoms with Crippen molar-refractivity contribution in [3.05, 3.63) is 89.3 Å². The Morgan fingerprint density at radius 3 is 2.52 bits per heavy atom. The van der Waals surface area contributed by atoms with E-state index in [2.05, 4.69) is 66.6 Å². The van der Waals surface area contributed by atoms with Gasteiger partial charge in [0.1, 0.15) is 0 Å². The van der Waals surface area contributed by atoms with Crippen molar-refractivity contribution in [2.45, 2.75) is 19.8 Å². The SMILES string of the molecule is CC(C)c1ccc(C=CC(=O)Nc2nc(-c3ccc4ccccc4c3)cs2)cc1. The fourth-order valence-electron chi connectivity index (χ4n) is 3.12. The van der Waals surface area contributed by atoms with Crippen molar-refractivity contribution < 1.29 is 4.79 Å². The molecule has 4 heteroatoms. The summed E-state index contributed by atoms with van der Waals surface area (Å²) in [6.45, 7) is 4.33. The second kappa shape index (κ2) is 8.41. The molecule has 1 aromatic heterocycles. The molecule has 0 saturated carbocycles. The zero-order chi connectivity index (χ0) is 20.2. The molecule has 29 heavy (non-hydrogen) atoms. The molecule has 0 aliphatic heterocycles. The monoisotopic (exact) mass is 398 g/mol. The number of nitrogens with zero attached hydrogens (tertiary/aromatic N) is 1. The molecule has 0 unspecified atom stereocenters. The number of carbonyl (C=O) groups is 1. The molecule has 0 fully saturated rings. The third kappa shape index (κ3) is 4.61. The molecule has 4 rings (SSSR count). The predicted octanol–water partition coefficient (Wildman–Crippen LogP) is 6.74. The molecule has 0 aliphatic rings. The van der Waals surface area contributed by atoms with Gasteiger partial charge in [-0.05, 0) is 40.0 Å².